The molecular formula is C21H20F2N2O3S. The van der Waals surface area contributed by atoms with E-state index in [2.05, 4.69) is 5.32 Å². The van der Waals surface area contributed by atoms with Crippen LogP contribution in [-0.2, 0) is 9.53 Å². The van der Waals surface area contributed by atoms with E-state index >= 15 is 0 Å². The smallest absolute Gasteiger partial charge is 0.338 e. The summed E-state index contributed by atoms with van der Waals surface area (Å²) in [4.78, 5) is 14.4. The molecular weight excluding hydrogens is 398 g/mol. The quantitative estimate of drug-likeness (QED) is 0.579. The van der Waals surface area contributed by atoms with Crippen molar-refractivity contribution in [2.75, 3.05) is 18.6 Å². The van der Waals surface area contributed by atoms with Gasteiger partial charge < -0.3 is 14.8 Å². The van der Waals surface area contributed by atoms with E-state index in [1.165, 1.54) is 6.07 Å². The first-order valence-corrected chi connectivity index (χ1v) is 9.36. The molecule has 3 rings (SSSR count). The average molecular weight is 418 g/mol. The van der Waals surface area contributed by atoms with Crippen molar-refractivity contribution in [3.8, 4) is 5.75 Å². The topological polar surface area (TPSA) is 50.8 Å². The number of hydrogen-bond acceptors (Lipinski definition) is 4. The van der Waals surface area contributed by atoms with E-state index in [1.807, 2.05) is 0 Å². The van der Waals surface area contributed by atoms with Gasteiger partial charge in [-0.05, 0) is 62.5 Å². The normalized spacial score (nSPS) is 16.5. The Labute approximate surface area is 172 Å². The first-order valence-electron chi connectivity index (χ1n) is 8.95. The summed E-state index contributed by atoms with van der Waals surface area (Å²) in [6.45, 7) is 3.44. The van der Waals surface area contributed by atoms with Gasteiger partial charge in [0.2, 0.25) is 0 Å². The number of nitrogens with zero attached hydrogens (tertiary/aromatic N) is 1. The predicted molar refractivity (Wildman–Crippen MR) is 110 cm³/mol. The highest BCUT2D eigenvalue weighted by Crippen LogP contribution is 2.36. The summed E-state index contributed by atoms with van der Waals surface area (Å²) in [5.41, 5.74) is 0.881. The van der Waals surface area contributed by atoms with E-state index in [0.717, 1.165) is 12.1 Å². The summed E-state index contributed by atoms with van der Waals surface area (Å²) in [7, 11) is 1.56. The number of carbonyl (C=O) groups is 1. The Hall–Kier alpha value is -3.00. The number of benzene rings is 2. The monoisotopic (exact) mass is 418 g/mol. The van der Waals surface area contributed by atoms with Crippen LogP contribution in [0.25, 0.3) is 0 Å². The number of rotatable bonds is 5. The van der Waals surface area contributed by atoms with Crippen molar-refractivity contribution >= 4 is 29.0 Å². The molecule has 1 heterocycles. The molecule has 5 nitrogen and oxygen atoms in total. The number of esters is 1. The van der Waals surface area contributed by atoms with E-state index in [9.17, 15) is 13.6 Å². The number of hydrogen-bond donors (Lipinski definition) is 1. The van der Waals surface area contributed by atoms with Gasteiger partial charge in [-0.25, -0.2) is 13.6 Å². The average Bonchev–Trinajstić information content (AvgIpc) is 2.68. The lowest BCUT2D eigenvalue weighted by Gasteiger charge is -2.37. The van der Waals surface area contributed by atoms with Gasteiger partial charge in [0.15, 0.2) is 5.11 Å². The van der Waals surface area contributed by atoms with Crippen LogP contribution < -0.4 is 15.0 Å². The lowest BCUT2D eigenvalue weighted by Crippen LogP contribution is -2.48. The van der Waals surface area contributed by atoms with E-state index in [4.69, 9.17) is 21.7 Å². The third kappa shape index (κ3) is 3.93. The van der Waals surface area contributed by atoms with Crippen molar-refractivity contribution in [1.29, 1.82) is 0 Å². The van der Waals surface area contributed by atoms with Crippen molar-refractivity contribution in [2.24, 2.45) is 0 Å². The molecule has 0 unspecified atom stereocenters. The third-order valence-electron chi connectivity index (χ3n) is 4.60. The maximum atomic E-state index is 14.5. The highest BCUT2D eigenvalue weighted by atomic mass is 32.1. The fraction of sp³-hybridized carbons (Fsp3) is 0.238. The standard InChI is InChI=1S/C21H20F2N2O3S/c1-4-28-20(26)17-12(2)25(13-8-10-14(27-3)11-9-13)21(29)24-19(17)18-15(22)6-5-7-16(18)23/h5-11,19H,4H2,1-3H3,(H,24,29)/t19-/m1/s1. The molecule has 29 heavy (non-hydrogen) atoms. The van der Waals surface area contributed by atoms with Gasteiger partial charge in [0, 0.05) is 11.4 Å². The summed E-state index contributed by atoms with van der Waals surface area (Å²) in [5.74, 6) is -1.58. The SMILES string of the molecule is CCOC(=O)C1=C(C)N(c2ccc(OC)cc2)C(=S)N[C@H]1c1c(F)cccc1F. The number of thiocarbonyl (C=S) groups is 1. The Morgan fingerprint density at radius 1 is 1.17 bits per heavy atom. The molecule has 0 spiro atoms. The van der Waals surface area contributed by atoms with Crippen molar-refractivity contribution in [1.82, 2.24) is 5.32 Å². The van der Waals surface area contributed by atoms with Gasteiger partial charge in [0.05, 0.1) is 30.9 Å². The number of anilines is 1. The van der Waals surface area contributed by atoms with Gasteiger partial charge in [-0.1, -0.05) is 6.07 Å². The van der Waals surface area contributed by atoms with E-state index < -0.39 is 23.6 Å². The van der Waals surface area contributed by atoms with Crippen LogP contribution in [0.4, 0.5) is 14.5 Å². The number of methoxy groups -OCH3 is 1. The van der Waals surface area contributed by atoms with Gasteiger partial charge in [-0.3, -0.25) is 4.90 Å². The third-order valence-corrected chi connectivity index (χ3v) is 4.90. The van der Waals surface area contributed by atoms with Crippen molar-refractivity contribution in [2.45, 2.75) is 19.9 Å². The summed E-state index contributed by atoms with van der Waals surface area (Å²) < 4.78 is 39.3. The predicted octanol–water partition coefficient (Wildman–Crippen LogP) is 4.25. The van der Waals surface area contributed by atoms with Gasteiger partial charge in [-0.15, -0.1) is 0 Å². The first kappa shape index (κ1) is 20.7. The molecule has 2 aromatic carbocycles. The van der Waals surface area contributed by atoms with Crippen molar-refractivity contribution in [3.63, 3.8) is 0 Å². The second-order valence-electron chi connectivity index (χ2n) is 6.27. The van der Waals surface area contributed by atoms with Crippen molar-refractivity contribution < 1.29 is 23.0 Å². The number of nitrogens with one attached hydrogen (secondary N) is 1. The molecule has 8 heteroatoms. The number of ether oxygens (including phenoxy) is 2. The highest BCUT2D eigenvalue weighted by molar-refractivity contribution is 7.80. The van der Waals surface area contributed by atoms with Crippen LogP contribution in [0, 0.1) is 11.6 Å². The van der Waals surface area contributed by atoms with Gasteiger partial charge in [0.25, 0.3) is 0 Å². The molecule has 2 aromatic rings. The number of halogens is 2. The van der Waals surface area contributed by atoms with Crippen LogP contribution in [0.15, 0.2) is 53.7 Å². The van der Waals surface area contributed by atoms with Crippen LogP contribution >= 0.6 is 12.2 Å². The molecule has 0 radical (unpaired) electrons. The molecule has 0 amide bonds. The van der Waals surface area contributed by atoms with Crippen molar-refractivity contribution in [3.05, 3.63) is 70.9 Å². The molecule has 0 aliphatic carbocycles. The van der Waals surface area contributed by atoms with E-state index in [0.29, 0.717) is 17.1 Å². The molecule has 1 N–H and O–H groups in total. The molecule has 1 aliphatic heterocycles. The van der Waals surface area contributed by atoms with Gasteiger partial charge >= 0.3 is 5.97 Å². The minimum atomic E-state index is -1.11. The second kappa shape index (κ2) is 8.57. The Kier molecular flexibility index (Phi) is 6.12. The van der Waals surface area contributed by atoms with Crippen LogP contribution in [0.3, 0.4) is 0 Å². The van der Waals surface area contributed by atoms with Crippen LogP contribution in [0.5, 0.6) is 5.75 Å². The maximum Gasteiger partial charge on any atom is 0.338 e. The highest BCUT2D eigenvalue weighted by Gasteiger charge is 2.38. The van der Waals surface area contributed by atoms with E-state index in [1.54, 1.807) is 50.1 Å². The summed E-state index contributed by atoms with van der Waals surface area (Å²) in [6.07, 6.45) is 0. The molecule has 1 aliphatic rings. The van der Waals surface area contributed by atoms with Crippen LogP contribution in [0.1, 0.15) is 25.5 Å². The minimum absolute atomic E-state index is 0.0836. The zero-order valence-corrected chi connectivity index (χ0v) is 17.0. The van der Waals surface area contributed by atoms with Crippen LogP contribution in [-0.4, -0.2) is 24.8 Å². The molecule has 0 fully saturated rings. The zero-order chi connectivity index (χ0) is 21.1. The largest absolute Gasteiger partial charge is 0.497 e. The zero-order valence-electron chi connectivity index (χ0n) is 16.2. The van der Waals surface area contributed by atoms with Gasteiger partial charge in [-0.2, -0.15) is 0 Å². The lowest BCUT2D eigenvalue weighted by molar-refractivity contribution is -0.139. The summed E-state index contributed by atoms with van der Waals surface area (Å²) >= 11 is 5.47. The van der Waals surface area contributed by atoms with Crippen LogP contribution in [0.2, 0.25) is 0 Å². The maximum absolute atomic E-state index is 14.5. The molecule has 152 valence electrons. The Morgan fingerprint density at radius 2 is 1.79 bits per heavy atom. The molecule has 0 saturated carbocycles. The van der Waals surface area contributed by atoms with E-state index in [-0.39, 0.29) is 22.9 Å². The summed E-state index contributed by atoms with van der Waals surface area (Å²) in [6, 6.07) is 9.45. The molecule has 1 atom stereocenters. The Morgan fingerprint density at radius 3 is 2.34 bits per heavy atom. The fourth-order valence-electron chi connectivity index (χ4n) is 3.26. The molecule has 0 bridgehead atoms. The number of allylic oxidation sites excluding steroid dienone is 1. The Bertz CT molecular complexity index is 956. The van der Waals surface area contributed by atoms with Gasteiger partial charge in [0.1, 0.15) is 17.4 Å². The summed E-state index contributed by atoms with van der Waals surface area (Å²) in [5, 5.41) is 3.10. The molecule has 0 aromatic heterocycles. The minimum Gasteiger partial charge on any atom is -0.497 e. The molecule has 0 saturated heterocycles. The fourth-order valence-corrected chi connectivity index (χ4v) is 3.62. The lowest BCUT2D eigenvalue weighted by atomic mass is 9.94. The number of carbonyl (C=O) groups excluding carboxylic acids is 1. The second-order valence-corrected chi connectivity index (χ2v) is 6.66. The Balaban J connectivity index is 2.16. The first-order chi connectivity index (χ1) is 13.9.